The van der Waals surface area contributed by atoms with Gasteiger partial charge in [-0.2, -0.15) is 0 Å². The van der Waals surface area contributed by atoms with Crippen molar-refractivity contribution in [1.82, 2.24) is 9.80 Å². The van der Waals surface area contributed by atoms with E-state index in [1.165, 1.54) is 16.7 Å². The van der Waals surface area contributed by atoms with Crippen LogP contribution in [0.3, 0.4) is 0 Å². The summed E-state index contributed by atoms with van der Waals surface area (Å²) in [6.07, 6.45) is 6.34. The Bertz CT molecular complexity index is 1420. The predicted molar refractivity (Wildman–Crippen MR) is 160 cm³/mol. The lowest BCUT2D eigenvalue weighted by molar-refractivity contribution is 0.0278. The van der Waals surface area contributed by atoms with Gasteiger partial charge in [0.1, 0.15) is 0 Å². The average Bonchev–Trinajstić information content (AvgIpc) is 3.58. The van der Waals surface area contributed by atoms with Gasteiger partial charge in [-0.05, 0) is 96.2 Å². The number of furan rings is 1. The lowest BCUT2D eigenvalue weighted by Gasteiger charge is -2.49. The van der Waals surface area contributed by atoms with Crippen molar-refractivity contribution in [2.24, 2.45) is 11.8 Å². The fraction of sp³-hybridized carbons (Fsp3) is 0.500. The van der Waals surface area contributed by atoms with Gasteiger partial charge in [-0.3, -0.25) is 9.69 Å². The lowest BCUT2D eigenvalue weighted by Crippen LogP contribution is -2.47. The van der Waals surface area contributed by atoms with Crippen molar-refractivity contribution in [1.29, 1.82) is 0 Å². The molecule has 1 saturated heterocycles. The van der Waals surface area contributed by atoms with Crippen molar-refractivity contribution in [2.75, 3.05) is 48.1 Å². The van der Waals surface area contributed by atoms with Gasteiger partial charge < -0.3 is 28.3 Å². The molecule has 0 bridgehead atoms. The molecule has 1 aromatic heterocycles. The summed E-state index contributed by atoms with van der Waals surface area (Å²) < 4.78 is 28.3. The second kappa shape index (κ2) is 11.9. The van der Waals surface area contributed by atoms with E-state index in [9.17, 15) is 4.79 Å². The van der Waals surface area contributed by atoms with E-state index in [0.717, 1.165) is 68.0 Å². The van der Waals surface area contributed by atoms with Gasteiger partial charge >= 0.3 is 0 Å². The van der Waals surface area contributed by atoms with Crippen LogP contribution < -0.4 is 18.9 Å². The van der Waals surface area contributed by atoms with Gasteiger partial charge in [0.15, 0.2) is 28.8 Å². The van der Waals surface area contributed by atoms with Gasteiger partial charge in [-0.25, -0.2) is 0 Å². The lowest BCUT2D eigenvalue weighted by atomic mass is 9.72. The van der Waals surface area contributed by atoms with Gasteiger partial charge in [0.05, 0.1) is 40.7 Å². The molecule has 42 heavy (non-hydrogen) atoms. The number of fused-ring (bicyclic) bond motifs is 4. The van der Waals surface area contributed by atoms with Gasteiger partial charge in [-0.15, -0.1) is 0 Å². The molecule has 224 valence electrons. The van der Waals surface area contributed by atoms with Crippen molar-refractivity contribution in [3.05, 3.63) is 70.7 Å². The second-order valence-corrected chi connectivity index (χ2v) is 11.7. The molecule has 0 saturated carbocycles. The number of amides is 1. The second-order valence-electron chi connectivity index (χ2n) is 11.7. The smallest absolute Gasteiger partial charge is 0.290 e. The van der Waals surface area contributed by atoms with Crippen molar-refractivity contribution >= 4 is 5.91 Å². The minimum absolute atomic E-state index is 0.0595. The van der Waals surface area contributed by atoms with E-state index in [0.29, 0.717) is 35.9 Å². The molecular formula is C34H42N2O6. The van der Waals surface area contributed by atoms with Gasteiger partial charge in [0.2, 0.25) is 0 Å². The zero-order chi connectivity index (χ0) is 29.4. The SMILES string of the molecule is CC[C@@H]1CN2CCc3cc(OC)c(OC)cc3[C@@H]2C[C@@H]1C[C@H]1c2cc(OC)c(OC)cc2CCN1C(=O)c1ccco1. The third-order valence-corrected chi connectivity index (χ3v) is 9.82. The van der Waals surface area contributed by atoms with Crippen LogP contribution in [0, 0.1) is 11.8 Å². The van der Waals surface area contributed by atoms with Gasteiger partial charge in [0.25, 0.3) is 5.91 Å². The molecule has 4 atom stereocenters. The Morgan fingerprint density at radius 1 is 0.857 bits per heavy atom. The summed E-state index contributed by atoms with van der Waals surface area (Å²) in [5.41, 5.74) is 5.05. The summed E-state index contributed by atoms with van der Waals surface area (Å²) in [5, 5.41) is 0. The Morgan fingerprint density at radius 3 is 2.10 bits per heavy atom. The van der Waals surface area contributed by atoms with Crippen molar-refractivity contribution in [2.45, 2.75) is 51.1 Å². The summed E-state index contributed by atoms with van der Waals surface area (Å²) >= 11 is 0. The minimum Gasteiger partial charge on any atom is -0.493 e. The molecule has 6 rings (SSSR count). The van der Waals surface area contributed by atoms with Crippen LogP contribution in [-0.2, 0) is 12.8 Å². The van der Waals surface area contributed by atoms with Crippen LogP contribution in [0.1, 0.15) is 71.1 Å². The number of nitrogens with zero attached hydrogens (tertiary/aromatic N) is 2. The van der Waals surface area contributed by atoms with Crippen molar-refractivity contribution < 1.29 is 28.2 Å². The largest absolute Gasteiger partial charge is 0.493 e. The fourth-order valence-corrected chi connectivity index (χ4v) is 7.61. The molecule has 4 heterocycles. The van der Waals surface area contributed by atoms with E-state index in [2.05, 4.69) is 36.1 Å². The summed E-state index contributed by atoms with van der Waals surface area (Å²) in [7, 11) is 6.74. The third-order valence-electron chi connectivity index (χ3n) is 9.82. The van der Waals surface area contributed by atoms with Crippen LogP contribution >= 0.6 is 0 Å². The molecule has 2 aromatic carbocycles. The highest BCUT2D eigenvalue weighted by Crippen LogP contribution is 2.49. The van der Waals surface area contributed by atoms with E-state index in [1.807, 2.05) is 4.90 Å². The minimum atomic E-state index is -0.0924. The first-order chi connectivity index (χ1) is 20.5. The predicted octanol–water partition coefficient (Wildman–Crippen LogP) is 6.09. The van der Waals surface area contributed by atoms with Crippen LogP contribution in [0.4, 0.5) is 0 Å². The van der Waals surface area contributed by atoms with Crippen LogP contribution in [0.5, 0.6) is 23.0 Å². The molecule has 0 spiro atoms. The molecule has 8 heteroatoms. The zero-order valence-electron chi connectivity index (χ0n) is 25.4. The summed E-state index contributed by atoms with van der Waals surface area (Å²) in [5.74, 6) is 4.27. The third kappa shape index (κ3) is 5.00. The van der Waals surface area contributed by atoms with Crippen LogP contribution in [0.25, 0.3) is 0 Å². The number of carbonyl (C=O) groups is 1. The highest BCUT2D eigenvalue weighted by atomic mass is 16.5. The molecular weight excluding hydrogens is 532 g/mol. The number of hydrogen-bond donors (Lipinski definition) is 0. The number of benzene rings is 2. The number of piperidine rings is 1. The monoisotopic (exact) mass is 574 g/mol. The molecule has 8 nitrogen and oxygen atoms in total. The normalized spacial score (nSPS) is 23.4. The molecule has 1 amide bonds. The first-order valence-electron chi connectivity index (χ1n) is 15.1. The van der Waals surface area contributed by atoms with E-state index in [-0.39, 0.29) is 11.9 Å². The maximum absolute atomic E-state index is 13.8. The number of ether oxygens (including phenoxy) is 4. The quantitative estimate of drug-likeness (QED) is 0.322. The number of hydrogen-bond acceptors (Lipinski definition) is 7. The molecule has 0 unspecified atom stereocenters. The summed E-state index contributed by atoms with van der Waals surface area (Å²) in [4.78, 5) is 18.5. The average molecular weight is 575 g/mol. The van der Waals surface area contributed by atoms with E-state index >= 15 is 0 Å². The highest BCUT2D eigenvalue weighted by Gasteiger charge is 2.42. The Kier molecular flexibility index (Phi) is 8.08. The van der Waals surface area contributed by atoms with Crippen molar-refractivity contribution in [3.63, 3.8) is 0 Å². The maximum atomic E-state index is 13.8. The van der Waals surface area contributed by atoms with E-state index < -0.39 is 0 Å². The van der Waals surface area contributed by atoms with Crippen LogP contribution in [0.2, 0.25) is 0 Å². The number of methoxy groups -OCH3 is 4. The molecule has 1 fully saturated rings. The Morgan fingerprint density at radius 2 is 1.48 bits per heavy atom. The zero-order valence-corrected chi connectivity index (χ0v) is 25.4. The molecule has 3 aliphatic heterocycles. The number of rotatable bonds is 8. The Labute approximate surface area is 248 Å². The first-order valence-corrected chi connectivity index (χ1v) is 15.1. The molecule has 0 N–H and O–H groups in total. The summed E-state index contributed by atoms with van der Waals surface area (Å²) in [6, 6.07) is 12.3. The highest BCUT2D eigenvalue weighted by molar-refractivity contribution is 5.92. The van der Waals surface area contributed by atoms with Crippen molar-refractivity contribution in [3.8, 4) is 23.0 Å². The first kappa shape index (κ1) is 28.5. The molecule has 3 aliphatic rings. The topological polar surface area (TPSA) is 73.6 Å². The molecule has 0 radical (unpaired) electrons. The summed E-state index contributed by atoms with van der Waals surface area (Å²) in [6.45, 7) is 5.03. The van der Waals surface area contributed by atoms with Gasteiger partial charge in [-0.1, -0.05) is 13.3 Å². The molecule has 0 aliphatic carbocycles. The van der Waals surface area contributed by atoms with E-state index in [4.69, 9.17) is 23.4 Å². The van der Waals surface area contributed by atoms with Gasteiger partial charge in [0, 0.05) is 25.7 Å². The Balaban J connectivity index is 1.37. The number of carbonyl (C=O) groups excluding carboxylic acids is 1. The van der Waals surface area contributed by atoms with Crippen LogP contribution in [-0.4, -0.2) is 63.8 Å². The van der Waals surface area contributed by atoms with E-state index in [1.54, 1.807) is 46.8 Å². The fourth-order valence-electron chi connectivity index (χ4n) is 7.61. The Hall–Kier alpha value is -3.65. The maximum Gasteiger partial charge on any atom is 0.290 e. The molecule has 3 aromatic rings. The standard InChI is InChI=1S/C34H42N2O6/c1-6-21-20-35-11-9-22-16-30(38-2)32(40-4)18-25(22)27(35)14-24(21)15-28-26-19-33(41-5)31(39-3)17-23(26)10-12-36(28)34(37)29-8-7-13-42-29/h7-8,13,16-19,21,24,27-28H,6,9-12,14-15,20H2,1-5H3/t21-,24-,27+,28+/m1/s1. The van der Waals surface area contributed by atoms with Crippen LogP contribution in [0.15, 0.2) is 47.1 Å².